The van der Waals surface area contributed by atoms with Crippen molar-refractivity contribution in [2.45, 2.75) is 9.79 Å². The van der Waals surface area contributed by atoms with Gasteiger partial charge in [-0.2, -0.15) is 0 Å². The lowest BCUT2D eigenvalue weighted by molar-refractivity contribution is 0.102. The van der Waals surface area contributed by atoms with Crippen molar-refractivity contribution in [2.24, 2.45) is 0 Å². The summed E-state index contributed by atoms with van der Waals surface area (Å²) < 4.78 is 44.4. The van der Waals surface area contributed by atoms with Crippen molar-refractivity contribution in [1.82, 2.24) is 0 Å². The van der Waals surface area contributed by atoms with Gasteiger partial charge in [-0.15, -0.1) is 11.8 Å². The fourth-order valence-electron chi connectivity index (χ4n) is 3.55. The number of amides is 1. The van der Waals surface area contributed by atoms with Gasteiger partial charge in [-0.3, -0.25) is 9.52 Å². The van der Waals surface area contributed by atoms with Crippen LogP contribution in [-0.4, -0.2) is 40.9 Å². The predicted octanol–water partition coefficient (Wildman–Crippen LogP) is 5.93. The van der Waals surface area contributed by atoms with Gasteiger partial charge in [-0.25, -0.2) is 8.42 Å². The van der Waals surface area contributed by atoms with E-state index in [1.807, 2.05) is 18.2 Å². The molecule has 1 amide bonds. The van der Waals surface area contributed by atoms with E-state index in [1.165, 1.54) is 43.4 Å². The lowest BCUT2D eigenvalue weighted by Crippen LogP contribution is -2.14. The first-order chi connectivity index (χ1) is 18.9. The molecule has 0 aliphatic rings. The van der Waals surface area contributed by atoms with Crippen LogP contribution in [0, 0.1) is 0 Å². The molecule has 0 saturated carbocycles. The quantitative estimate of drug-likeness (QED) is 0.162. The van der Waals surface area contributed by atoms with Gasteiger partial charge in [0.1, 0.15) is 17.2 Å². The SMILES string of the molecule is COc1ccc(NS(=O)(=O)c2ccc(NC(=O)c3ccc(OCCSc4ccccc4)cc3)cc2)c(OC)c1. The number of carbonyl (C=O) groups is 1. The van der Waals surface area contributed by atoms with Gasteiger partial charge in [0.05, 0.1) is 31.4 Å². The number of methoxy groups -OCH3 is 2. The summed E-state index contributed by atoms with van der Waals surface area (Å²) >= 11 is 1.71. The molecule has 0 bridgehead atoms. The van der Waals surface area contributed by atoms with Gasteiger partial charge in [0.15, 0.2) is 0 Å². The number of benzene rings is 4. The number of rotatable bonds is 12. The molecule has 10 heteroatoms. The molecule has 8 nitrogen and oxygen atoms in total. The van der Waals surface area contributed by atoms with E-state index in [9.17, 15) is 13.2 Å². The summed E-state index contributed by atoms with van der Waals surface area (Å²) in [5.74, 6) is 2.02. The third kappa shape index (κ3) is 7.68. The smallest absolute Gasteiger partial charge is 0.262 e. The minimum atomic E-state index is -3.89. The molecule has 0 heterocycles. The number of nitrogens with one attached hydrogen (secondary N) is 2. The third-order valence-corrected chi connectivity index (χ3v) is 7.91. The highest BCUT2D eigenvalue weighted by Gasteiger charge is 2.17. The molecule has 2 N–H and O–H groups in total. The second-order valence-corrected chi connectivity index (χ2v) is 11.0. The Bertz CT molecular complexity index is 1490. The van der Waals surface area contributed by atoms with E-state index in [4.69, 9.17) is 14.2 Å². The van der Waals surface area contributed by atoms with E-state index in [2.05, 4.69) is 22.2 Å². The first-order valence-corrected chi connectivity index (χ1v) is 14.4. The second-order valence-electron chi connectivity index (χ2n) is 8.18. The zero-order valence-electron chi connectivity index (χ0n) is 21.4. The first kappa shape index (κ1) is 27.9. The fraction of sp³-hybridized carbons (Fsp3) is 0.138. The van der Waals surface area contributed by atoms with Crippen LogP contribution in [0.4, 0.5) is 11.4 Å². The Morgan fingerprint density at radius 1 is 0.821 bits per heavy atom. The van der Waals surface area contributed by atoms with E-state index < -0.39 is 10.0 Å². The molecule has 0 fully saturated rings. The largest absolute Gasteiger partial charge is 0.497 e. The van der Waals surface area contributed by atoms with Crippen molar-refractivity contribution in [2.75, 3.05) is 36.6 Å². The molecule has 39 heavy (non-hydrogen) atoms. The Morgan fingerprint density at radius 3 is 2.18 bits per heavy atom. The summed E-state index contributed by atoms with van der Waals surface area (Å²) in [6.45, 7) is 0.542. The molecule has 0 radical (unpaired) electrons. The number of thioether (sulfide) groups is 1. The molecule has 4 rings (SSSR count). The summed E-state index contributed by atoms with van der Waals surface area (Å²) in [5.41, 5.74) is 1.18. The third-order valence-electron chi connectivity index (χ3n) is 5.56. The highest BCUT2D eigenvalue weighted by atomic mass is 32.2. The van der Waals surface area contributed by atoms with Crippen LogP contribution < -0.4 is 24.2 Å². The average Bonchev–Trinajstić information content (AvgIpc) is 2.96. The minimum absolute atomic E-state index is 0.0327. The number of hydrogen-bond acceptors (Lipinski definition) is 7. The molecule has 0 aliphatic carbocycles. The van der Waals surface area contributed by atoms with Gasteiger partial charge < -0.3 is 19.5 Å². The molecular formula is C29H28N2O6S2. The molecule has 202 valence electrons. The lowest BCUT2D eigenvalue weighted by atomic mass is 10.2. The van der Waals surface area contributed by atoms with Crippen molar-refractivity contribution < 1.29 is 27.4 Å². The molecule has 0 aliphatic heterocycles. The first-order valence-electron chi connectivity index (χ1n) is 11.9. The van der Waals surface area contributed by atoms with Crippen molar-refractivity contribution in [3.8, 4) is 17.2 Å². The number of sulfonamides is 1. The monoisotopic (exact) mass is 564 g/mol. The zero-order valence-corrected chi connectivity index (χ0v) is 23.1. The van der Waals surface area contributed by atoms with Crippen molar-refractivity contribution in [3.63, 3.8) is 0 Å². The van der Waals surface area contributed by atoms with Crippen molar-refractivity contribution in [3.05, 3.63) is 103 Å². The Kier molecular flexibility index (Phi) is 9.35. The van der Waals surface area contributed by atoms with Crippen LogP contribution in [0.2, 0.25) is 0 Å². The molecule has 0 unspecified atom stereocenters. The average molecular weight is 565 g/mol. The van der Waals surface area contributed by atoms with Crippen LogP contribution in [0.15, 0.2) is 107 Å². The minimum Gasteiger partial charge on any atom is -0.497 e. The Morgan fingerprint density at radius 2 is 1.51 bits per heavy atom. The number of anilines is 2. The molecule has 4 aromatic carbocycles. The van der Waals surface area contributed by atoms with E-state index >= 15 is 0 Å². The number of carbonyl (C=O) groups excluding carboxylic acids is 1. The van der Waals surface area contributed by atoms with Crippen molar-refractivity contribution >= 4 is 39.1 Å². The number of hydrogen-bond donors (Lipinski definition) is 2. The van der Waals surface area contributed by atoms with E-state index in [1.54, 1.807) is 54.2 Å². The second kappa shape index (κ2) is 13.1. The molecule has 0 spiro atoms. The number of ether oxygens (including phenoxy) is 3. The maximum atomic E-state index is 12.9. The van der Waals surface area contributed by atoms with Gasteiger partial charge in [-0.1, -0.05) is 18.2 Å². The molecular weight excluding hydrogens is 536 g/mol. The molecule has 4 aromatic rings. The normalized spacial score (nSPS) is 10.9. The molecule has 0 saturated heterocycles. The highest BCUT2D eigenvalue weighted by Crippen LogP contribution is 2.31. The van der Waals surface area contributed by atoms with E-state index in [-0.39, 0.29) is 16.5 Å². The van der Waals surface area contributed by atoms with Gasteiger partial charge in [0.25, 0.3) is 15.9 Å². The van der Waals surface area contributed by atoms with Crippen molar-refractivity contribution in [1.29, 1.82) is 0 Å². The van der Waals surface area contributed by atoms with Gasteiger partial charge in [0.2, 0.25) is 0 Å². The summed E-state index contributed by atoms with van der Waals surface area (Å²) in [6.07, 6.45) is 0. The summed E-state index contributed by atoms with van der Waals surface area (Å²) in [5, 5.41) is 2.78. The Labute approximate surface area is 232 Å². The van der Waals surface area contributed by atoms with Crippen LogP contribution in [0.3, 0.4) is 0 Å². The van der Waals surface area contributed by atoms with Gasteiger partial charge >= 0.3 is 0 Å². The van der Waals surface area contributed by atoms with Crippen LogP contribution >= 0.6 is 11.8 Å². The summed E-state index contributed by atoms with van der Waals surface area (Å²) in [6, 6.07) is 27.6. The van der Waals surface area contributed by atoms with Crippen LogP contribution in [-0.2, 0) is 10.0 Å². The topological polar surface area (TPSA) is 103 Å². The zero-order chi connectivity index (χ0) is 27.7. The molecule has 0 aromatic heterocycles. The van der Waals surface area contributed by atoms with Gasteiger partial charge in [-0.05, 0) is 72.8 Å². The Hall–Kier alpha value is -4.15. The van der Waals surface area contributed by atoms with Gasteiger partial charge in [0, 0.05) is 28.0 Å². The fourth-order valence-corrected chi connectivity index (χ4v) is 5.37. The highest BCUT2D eigenvalue weighted by molar-refractivity contribution is 7.99. The van der Waals surface area contributed by atoms with Crippen LogP contribution in [0.1, 0.15) is 10.4 Å². The predicted molar refractivity (Wildman–Crippen MR) is 154 cm³/mol. The molecule has 0 atom stereocenters. The Balaban J connectivity index is 1.31. The summed E-state index contributed by atoms with van der Waals surface area (Å²) in [7, 11) is -0.940. The standard InChI is InChI=1S/C29H28N2O6S2/c1-35-24-14-17-27(28(20-24)36-2)31-39(33,34)26-15-10-22(11-16-26)30-29(32)21-8-12-23(13-9-21)37-18-19-38-25-6-4-3-5-7-25/h3-17,20,31H,18-19H2,1-2H3,(H,30,32). The summed E-state index contributed by atoms with van der Waals surface area (Å²) in [4.78, 5) is 13.9. The maximum Gasteiger partial charge on any atom is 0.262 e. The lowest BCUT2D eigenvalue weighted by Gasteiger charge is -2.13. The van der Waals surface area contributed by atoms with Crippen LogP contribution in [0.5, 0.6) is 17.2 Å². The van der Waals surface area contributed by atoms with Crippen LogP contribution in [0.25, 0.3) is 0 Å². The maximum absolute atomic E-state index is 12.9. The van der Waals surface area contributed by atoms with E-state index in [0.29, 0.717) is 35.1 Å². The van der Waals surface area contributed by atoms with E-state index in [0.717, 1.165) is 5.75 Å².